The molecule has 1 aliphatic heterocycles. The third-order valence-electron chi connectivity index (χ3n) is 5.17. The van der Waals surface area contributed by atoms with Crippen LogP contribution in [0.3, 0.4) is 0 Å². The van der Waals surface area contributed by atoms with Gasteiger partial charge in [0.2, 0.25) is 0 Å². The molecule has 1 atom stereocenters. The Morgan fingerprint density at radius 2 is 1.11 bits per heavy atom. The molecule has 1 aliphatic rings. The molecule has 0 fully saturated rings. The van der Waals surface area contributed by atoms with Crippen molar-refractivity contribution in [2.75, 3.05) is 7.05 Å². The molecule has 0 radical (unpaired) electrons. The van der Waals surface area contributed by atoms with E-state index in [4.69, 9.17) is 0 Å². The fraction of sp³-hybridized carbons (Fsp3) is 0.167. The van der Waals surface area contributed by atoms with Gasteiger partial charge in [-0.1, -0.05) is 91.0 Å². The third-order valence-corrected chi connectivity index (χ3v) is 5.17. The number of hydrogen-bond donors (Lipinski definition) is 0. The molecule has 0 aromatic heterocycles. The highest BCUT2D eigenvalue weighted by molar-refractivity contribution is 14.0. The average molecular weight is 468 g/mol. The molecule has 2 nitrogen and oxygen atoms in total. The Bertz CT molecular complexity index is 891. The second-order valence-corrected chi connectivity index (χ2v) is 6.79. The van der Waals surface area contributed by atoms with E-state index < -0.39 is 0 Å². The molecule has 0 saturated carbocycles. The molecule has 0 N–H and O–H groups in total. The number of hydrogen-bond acceptors (Lipinski definition) is 2. The van der Waals surface area contributed by atoms with Crippen molar-refractivity contribution in [2.45, 2.75) is 19.6 Å². The monoisotopic (exact) mass is 468 g/mol. The van der Waals surface area contributed by atoms with E-state index in [0.29, 0.717) is 6.17 Å². The normalized spacial score (nSPS) is 16.4. The Hall–Kier alpha value is -2.27. The van der Waals surface area contributed by atoms with Gasteiger partial charge in [0.05, 0.1) is 17.6 Å². The third kappa shape index (κ3) is 3.88. The maximum Gasteiger partial charge on any atom is 0.0989 e. The fourth-order valence-corrected chi connectivity index (χ4v) is 3.71. The molecule has 3 aromatic rings. The molecule has 0 spiro atoms. The molecule has 0 aliphatic carbocycles. The van der Waals surface area contributed by atoms with Crippen molar-refractivity contribution in [2.24, 2.45) is 0 Å². The Kier molecular flexibility index (Phi) is 6.22. The minimum atomic E-state index is 0. The first-order valence-corrected chi connectivity index (χ1v) is 9.14. The highest BCUT2D eigenvalue weighted by Gasteiger charge is 2.34. The second kappa shape index (κ2) is 8.61. The van der Waals surface area contributed by atoms with E-state index in [9.17, 15) is 0 Å². The van der Waals surface area contributed by atoms with Gasteiger partial charge in [-0.3, -0.25) is 0 Å². The zero-order chi connectivity index (χ0) is 17.9. The molecule has 3 aromatic carbocycles. The van der Waals surface area contributed by atoms with Crippen LogP contribution in [0.15, 0.2) is 91.0 Å². The van der Waals surface area contributed by atoms with E-state index in [-0.39, 0.29) is 24.0 Å². The molecule has 0 amide bonds. The van der Waals surface area contributed by atoms with Crippen molar-refractivity contribution in [1.29, 1.82) is 0 Å². The van der Waals surface area contributed by atoms with E-state index in [1.807, 2.05) is 0 Å². The quantitative estimate of drug-likeness (QED) is 0.439. The predicted octanol–water partition coefficient (Wildman–Crippen LogP) is 5.92. The van der Waals surface area contributed by atoms with Gasteiger partial charge in [0.25, 0.3) is 0 Å². The van der Waals surface area contributed by atoms with Crippen LogP contribution >= 0.6 is 24.0 Å². The van der Waals surface area contributed by atoms with Gasteiger partial charge < -0.3 is 9.80 Å². The first-order valence-electron chi connectivity index (χ1n) is 9.14. The van der Waals surface area contributed by atoms with Crippen LogP contribution in [0.2, 0.25) is 0 Å². The Morgan fingerprint density at radius 3 is 1.63 bits per heavy atom. The van der Waals surface area contributed by atoms with Gasteiger partial charge in [-0.05, 0) is 18.1 Å². The molecular formula is C24H25IN2. The Balaban J connectivity index is 0.00000210. The van der Waals surface area contributed by atoms with Crippen molar-refractivity contribution in [1.82, 2.24) is 9.80 Å². The zero-order valence-corrected chi connectivity index (χ0v) is 18.1. The van der Waals surface area contributed by atoms with Gasteiger partial charge in [0.15, 0.2) is 0 Å². The first-order chi connectivity index (χ1) is 12.8. The molecule has 138 valence electrons. The van der Waals surface area contributed by atoms with E-state index in [2.05, 4.69) is 115 Å². The SMILES string of the molecule is CC1N(C)C(c2ccccc2)=C(c2ccccc2)N1Cc1ccccc1.I. The lowest BCUT2D eigenvalue weighted by Gasteiger charge is -2.30. The molecule has 27 heavy (non-hydrogen) atoms. The van der Waals surface area contributed by atoms with Crippen LogP contribution in [-0.2, 0) is 6.54 Å². The van der Waals surface area contributed by atoms with Crippen molar-refractivity contribution >= 4 is 35.4 Å². The smallest absolute Gasteiger partial charge is 0.0989 e. The lowest BCUT2D eigenvalue weighted by molar-refractivity contribution is 0.202. The van der Waals surface area contributed by atoms with Gasteiger partial charge in [0, 0.05) is 19.2 Å². The standard InChI is InChI=1S/C24H24N2.HI/c1-19-25(2)23(21-14-8-4-9-15-21)24(22-16-10-5-11-17-22)26(19)18-20-12-6-3-7-13-20;/h3-17,19H,18H2,1-2H3;1H. The minimum Gasteiger partial charge on any atom is -0.352 e. The van der Waals surface area contributed by atoms with Gasteiger partial charge in [0.1, 0.15) is 0 Å². The topological polar surface area (TPSA) is 6.48 Å². The molecule has 1 heterocycles. The lowest BCUT2D eigenvalue weighted by Crippen LogP contribution is -2.35. The van der Waals surface area contributed by atoms with Crippen LogP contribution in [0, 0.1) is 0 Å². The van der Waals surface area contributed by atoms with Crippen molar-refractivity contribution in [3.05, 3.63) is 108 Å². The second-order valence-electron chi connectivity index (χ2n) is 6.79. The van der Waals surface area contributed by atoms with Crippen LogP contribution < -0.4 is 0 Å². The minimum absolute atomic E-state index is 0. The Morgan fingerprint density at radius 1 is 0.667 bits per heavy atom. The summed E-state index contributed by atoms with van der Waals surface area (Å²) >= 11 is 0. The van der Waals surface area contributed by atoms with Gasteiger partial charge in [-0.25, -0.2) is 0 Å². The van der Waals surface area contributed by atoms with Crippen LogP contribution in [0.1, 0.15) is 23.6 Å². The summed E-state index contributed by atoms with van der Waals surface area (Å²) in [4.78, 5) is 4.90. The van der Waals surface area contributed by atoms with Crippen molar-refractivity contribution in [3.63, 3.8) is 0 Å². The van der Waals surface area contributed by atoms with E-state index >= 15 is 0 Å². The number of halogens is 1. The van der Waals surface area contributed by atoms with Gasteiger partial charge >= 0.3 is 0 Å². The molecule has 1 unspecified atom stereocenters. The maximum absolute atomic E-state index is 2.51. The summed E-state index contributed by atoms with van der Waals surface area (Å²) in [6.07, 6.45) is 0.292. The summed E-state index contributed by atoms with van der Waals surface area (Å²) in [6, 6.07) is 32.2. The molecule has 0 bridgehead atoms. The summed E-state index contributed by atoms with van der Waals surface area (Å²) in [5.74, 6) is 0. The average Bonchev–Trinajstić information content (AvgIpc) is 2.95. The molecular weight excluding hydrogens is 443 g/mol. The summed E-state index contributed by atoms with van der Waals surface area (Å²) in [5, 5.41) is 0. The molecule has 0 saturated heterocycles. The van der Waals surface area contributed by atoms with E-state index in [0.717, 1.165) is 6.54 Å². The van der Waals surface area contributed by atoms with Crippen molar-refractivity contribution < 1.29 is 0 Å². The zero-order valence-electron chi connectivity index (χ0n) is 15.7. The maximum atomic E-state index is 2.51. The molecule has 4 rings (SSSR count). The summed E-state index contributed by atoms with van der Waals surface area (Å²) in [5.41, 5.74) is 6.45. The largest absolute Gasteiger partial charge is 0.352 e. The van der Waals surface area contributed by atoms with Crippen LogP contribution in [-0.4, -0.2) is 23.0 Å². The predicted molar refractivity (Wildman–Crippen MR) is 124 cm³/mol. The number of benzene rings is 3. The van der Waals surface area contributed by atoms with Gasteiger partial charge in [-0.15, -0.1) is 24.0 Å². The number of nitrogens with zero attached hydrogens (tertiary/aromatic N) is 2. The summed E-state index contributed by atoms with van der Waals surface area (Å²) in [7, 11) is 2.20. The molecule has 3 heteroatoms. The van der Waals surface area contributed by atoms with Crippen LogP contribution in [0.4, 0.5) is 0 Å². The highest BCUT2D eigenvalue weighted by atomic mass is 127. The fourth-order valence-electron chi connectivity index (χ4n) is 3.71. The Labute approximate surface area is 179 Å². The van der Waals surface area contributed by atoms with Crippen LogP contribution in [0.5, 0.6) is 0 Å². The summed E-state index contributed by atoms with van der Waals surface area (Å²) in [6.45, 7) is 3.18. The van der Waals surface area contributed by atoms with E-state index in [1.165, 1.54) is 28.1 Å². The van der Waals surface area contributed by atoms with E-state index in [1.54, 1.807) is 0 Å². The van der Waals surface area contributed by atoms with Crippen molar-refractivity contribution in [3.8, 4) is 0 Å². The van der Waals surface area contributed by atoms with Gasteiger partial charge in [-0.2, -0.15) is 0 Å². The first kappa shape index (κ1) is 19.5. The number of rotatable bonds is 4. The van der Waals surface area contributed by atoms with Crippen LogP contribution in [0.25, 0.3) is 11.4 Å². The lowest BCUT2D eigenvalue weighted by atomic mass is 10.0. The highest BCUT2D eigenvalue weighted by Crippen LogP contribution is 2.40. The summed E-state index contributed by atoms with van der Waals surface area (Å²) < 4.78 is 0.